The molecule has 1 saturated heterocycles. The van der Waals surface area contributed by atoms with Crippen LogP contribution in [0.2, 0.25) is 0 Å². The summed E-state index contributed by atoms with van der Waals surface area (Å²) in [7, 11) is 0. The third-order valence-corrected chi connectivity index (χ3v) is 4.85. The summed E-state index contributed by atoms with van der Waals surface area (Å²) in [6, 6.07) is 6.78. The van der Waals surface area contributed by atoms with Gasteiger partial charge in [-0.2, -0.15) is 0 Å². The first-order valence-corrected chi connectivity index (χ1v) is 7.31. The fourth-order valence-corrected chi connectivity index (χ4v) is 3.86. The van der Waals surface area contributed by atoms with Crippen LogP contribution in [0.4, 0.5) is 5.69 Å². The van der Waals surface area contributed by atoms with Gasteiger partial charge in [-0.15, -0.1) is 0 Å². The zero-order chi connectivity index (χ0) is 14.1. The highest BCUT2D eigenvalue weighted by molar-refractivity contribution is 5.41. The fourth-order valence-electron chi connectivity index (χ4n) is 3.86. The van der Waals surface area contributed by atoms with E-state index in [0.717, 1.165) is 12.5 Å². The van der Waals surface area contributed by atoms with E-state index in [-0.39, 0.29) is 11.7 Å². The maximum atomic E-state index is 11.0. The van der Waals surface area contributed by atoms with E-state index in [1.807, 2.05) is 0 Å². The van der Waals surface area contributed by atoms with Crippen molar-refractivity contribution < 1.29 is 10.0 Å². The molecule has 2 fully saturated rings. The fraction of sp³-hybridized carbons (Fsp3) is 0.600. The molecule has 108 valence electrons. The summed E-state index contributed by atoms with van der Waals surface area (Å²) in [5.41, 5.74) is 0.446. The maximum Gasteiger partial charge on any atom is 0.275 e. The van der Waals surface area contributed by atoms with Crippen LogP contribution >= 0.6 is 0 Å². The van der Waals surface area contributed by atoms with Crippen LogP contribution in [0.15, 0.2) is 24.3 Å². The number of hydrogen-bond acceptors (Lipinski definition) is 4. The van der Waals surface area contributed by atoms with Crippen molar-refractivity contribution in [3.63, 3.8) is 0 Å². The van der Waals surface area contributed by atoms with E-state index in [4.69, 9.17) is 0 Å². The van der Waals surface area contributed by atoms with Crippen LogP contribution in [0.5, 0.6) is 0 Å². The summed E-state index contributed by atoms with van der Waals surface area (Å²) < 4.78 is 0. The van der Waals surface area contributed by atoms with Crippen LogP contribution in [0, 0.1) is 22.0 Å². The Hall–Kier alpha value is -1.46. The van der Waals surface area contributed by atoms with Crippen LogP contribution in [0.25, 0.3) is 0 Å². The Kier molecular flexibility index (Phi) is 3.72. The van der Waals surface area contributed by atoms with Crippen molar-refractivity contribution in [1.82, 2.24) is 5.32 Å². The normalized spacial score (nSPS) is 30.1. The number of hydrogen-bond donors (Lipinski definition) is 2. The smallest absolute Gasteiger partial charge is 0.275 e. The molecule has 1 saturated carbocycles. The average Bonchev–Trinajstić information content (AvgIpc) is 3.03. The Morgan fingerprint density at radius 3 is 3.00 bits per heavy atom. The highest BCUT2D eigenvalue weighted by Gasteiger charge is 2.40. The molecule has 5 nitrogen and oxygen atoms in total. The van der Waals surface area contributed by atoms with Gasteiger partial charge in [-0.1, -0.05) is 18.6 Å². The van der Waals surface area contributed by atoms with Crippen molar-refractivity contribution in [2.45, 2.75) is 37.8 Å². The molecule has 0 amide bonds. The summed E-state index contributed by atoms with van der Waals surface area (Å²) in [5.74, 6) is 1.37. The van der Waals surface area contributed by atoms with Gasteiger partial charge in [-0.25, -0.2) is 0 Å². The third kappa shape index (κ3) is 2.43. The van der Waals surface area contributed by atoms with E-state index < -0.39 is 11.0 Å². The van der Waals surface area contributed by atoms with Gasteiger partial charge in [0.2, 0.25) is 0 Å². The molecule has 2 aliphatic rings. The van der Waals surface area contributed by atoms with E-state index in [2.05, 4.69) is 5.32 Å². The van der Waals surface area contributed by atoms with E-state index >= 15 is 0 Å². The molecule has 0 spiro atoms. The molecule has 1 aliphatic carbocycles. The number of aliphatic hydroxyl groups excluding tert-OH is 1. The van der Waals surface area contributed by atoms with Crippen molar-refractivity contribution in [1.29, 1.82) is 0 Å². The highest BCUT2D eigenvalue weighted by Crippen LogP contribution is 2.41. The van der Waals surface area contributed by atoms with Crippen molar-refractivity contribution in [3.05, 3.63) is 39.9 Å². The minimum Gasteiger partial charge on any atom is -0.388 e. The van der Waals surface area contributed by atoms with Gasteiger partial charge in [0.25, 0.3) is 5.69 Å². The number of para-hydroxylation sites is 1. The highest BCUT2D eigenvalue weighted by atomic mass is 16.6. The molecule has 1 heterocycles. The van der Waals surface area contributed by atoms with Gasteiger partial charge >= 0.3 is 0 Å². The van der Waals surface area contributed by atoms with Gasteiger partial charge in [0.1, 0.15) is 0 Å². The topological polar surface area (TPSA) is 75.4 Å². The zero-order valence-electron chi connectivity index (χ0n) is 11.4. The molecule has 4 unspecified atom stereocenters. The number of aliphatic hydroxyl groups is 1. The molecule has 0 radical (unpaired) electrons. The average molecular weight is 276 g/mol. The standard InChI is InChI=1S/C15H20N2O3/c18-15(12-5-1-2-7-14(12)17(19)20)8-13-11-6-3-4-10(11)9-16-13/h1-2,5,7,10-11,13,15-16,18H,3-4,6,8-9H2. The molecule has 0 aromatic heterocycles. The summed E-state index contributed by atoms with van der Waals surface area (Å²) >= 11 is 0. The lowest BCUT2D eigenvalue weighted by molar-refractivity contribution is -0.386. The lowest BCUT2D eigenvalue weighted by Gasteiger charge is -2.21. The largest absolute Gasteiger partial charge is 0.388 e. The Morgan fingerprint density at radius 2 is 2.20 bits per heavy atom. The van der Waals surface area contributed by atoms with Gasteiger partial charge in [-0.05, 0) is 43.7 Å². The summed E-state index contributed by atoms with van der Waals surface area (Å²) in [4.78, 5) is 10.6. The molecule has 1 aromatic rings. The van der Waals surface area contributed by atoms with Crippen LogP contribution in [-0.2, 0) is 0 Å². The first-order chi connectivity index (χ1) is 9.66. The summed E-state index contributed by atoms with van der Waals surface area (Å²) in [6.45, 7) is 1.03. The van der Waals surface area contributed by atoms with Gasteiger partial charge < -0.3 is 10.4 Å². The number of nitrogens with one attached hydrogen (secondary N) is 1. The van der Waals surface area contributed by atoms with E-state index in [0.29, 0.717) is 17.9 Å². The second kappa shape index (κ2) is 5.50. The Balaban J connectivity index is 1.73. The molecule has 1 aliphatic heterocycles. The minimum absolute atomic E-state index is 0.0148. The molecule has 20 heavy (non-hydrogen) atoms. The molecule has 5 heteroatoms. The van der Waals surface area contributed by atoms with E-state index in [1.54, 1.807) is 18.2 Å². The van der Waals surface area contributed by atoms with Crippen LogP contribution in [0.1, 0.15) is 37.4 Å². The Morgan fingerprint density at radius 1 is 1.40 bits per heavy atom. The van der Waals surface area contributed by atoms with Crippen molar-refractivity contribution >= 4 is 5.69 Å². The van der Waals surface area contributed by atoms with Gasteiger partial charge in [0.05, 0.1) is 16.6 Å². The number of nitro groups is 1. The number of benzene rings is 1. The van der Waals surface area contributed by atoms with Crippen molar-refractivity contribution in [3.8, 4) is 0 Å². The SMILES string of the molecule is O=[N+]([O-])c1ccccc1C(O)CC1NCC2CCCC21. The first kappa shape index (κ1) is 13.5. The van der Waals surface area contributed by atoms with E-state index in [1.165, 1.54) is 25.3 Å². The second-order valence-corrected chi connectivity index (χ2v) is 5.94. The molecule has 1 aromatic carbocycles. The monoisotopic (exact) mass is 276 g/mol. The van der Waals surface area contributed by atoms with Crippen LogP contribution in [0.3, 0.4) is 0 Å². The quantitative estimate of drug-likeness (QED) is 0.654. The number of fused-ring (bicyclic) bond motifs is 1. The maximum absolute atomic E-state index is 11.0. The van der Waals surface area contributed by atoms with Crippen LogP contribution in [-0.4, -0.2) is 22.6 Å². The number of rotatable bonds is 4. The van der Waals surface area contributed by atoms with Gasteiger partial charge in [0, 0.05) is 12.1 Å². The predicted octanol–water partition coefficient (Wildman–Crippen LogP) is 2.41. The number of nitro benzene ring substituents is 1. The summed E-state index contributed by atoms with van der Waals surface area (Å²) in [5, 5.41) is 24.9. The van der Waals surface area contributed by atoms with Crippen molar-refractivity contribution in [2.24, 2.45) is 11.8 Å². The molecule has 0 bridgehead atoms. The zero-order valence-corrected chi connectivity index (χ0v) is 11.4. The Bertz CT molecular complexity index is 506. The van der Waals surface area contributed by atoms with E-state index in [9.17, 15) is 15.2 Å². The summed E-state index contributed by atoms with van der Waals surface area (Å²) in [6.07, 6.45) is 3.55. The van der Waals surface area contributed by atoms with Crippen molar-refractivity contribution in [2.75, 3.05) is 6.54 Å². The molecular formula is C15H20N2O3. The predicted molar refractivity (Wildman–Crippen MR) is 75.3 cm³/mol. The number of nitrogens with zero attached hydrogens (tertiary/aromatic N) is 1. The molecule has 2 N–H and O–H groups in total. The first-order valence-electron chi connectivity index (χ1n) is 7.31. The minimum atomic E-state index is -0.770. The lowest BCUT2D eigenvalue weighted by atomic mass is 9.89. The van der Waals surface area contributed by atoms with Gasteiger partial charge in [0.15, 0.2) is 0 Å². The molecule has 3 rings (SSSR count). The Labute approximate surface area is 118 Å². The molecular weight excluding hydrogens is 256 g/mol. The lowest BCUT2D eigenvalue weighted by Crippen LogP contribution is -2.29. The third-order valence-electron chi connectivity index (χ3n) is 4.85. The second-order valence-electron chi connectivity index (χ2n) is 5.94. The van der Waals surface area contributed by atoms with Crippen LogP contribution < -0.4 is 5.32 Å². The van der Waals surface area contributed by atoms with Gasteiger partial charge in [-0.3, -0.25) is 10.1 Å². The molecule has 4 atom stereocenters.